The number of rotatable bonds is 4. The number of aryl methyl sites for hydroxylation is 1. The first-order valence-electron chi connectivity index (χ1n) is 10.6. The van der Waals surface area contributed by atoms with Gasteiger partial charge in [-0.25, -0.2) is 9.37 Å². The van der Waals surface area contributed by atoms with E-state index >= 15 is 4.39 Å². The molecule has 0 saturated heterocycles. The minimum atomic E-state index is -0.410. The summed E-state index contributed by atoms with van der Waals surface area (Å²) in [6, 6.07) is 8.27. The summed E-state index contributed by atoms with van der Waals surface area (Å²) in [7, 11) is 3.20. The van der Waals surface area contributed by atoms with Crippen LogP contribution >= 0.6 is 0 Å². The molecule has 3 heterocycles. The Morgan fingerprint density at radius 2 is 2.03 bits per heavy atom. The standard InChI is InChI=1S/C24H22FN5O3/c1-4-30-13-26-23-17(12-27-28-24(23)30)14-5-6-18(25)15(9-14)16-10-21-19(11-20(16)32-3)29(2)22(31)7-8-33-21/h5-6,9-13H,4,7-8H2,1-3H3. The van der Waals surface area contributed by atoms with E-state index in [4.69, 9.17) is 9.47 Å². The second kappa shape index (κ2) is 8.16. The van der Waals surface area contributed by atoms with E-state index in [1.165, 1.54) is 18.1 Å². The number of carbonyl (C=O) groups is 1. The number of hydrogen-bond acceptors (Lipinski definition) is 6. The lowest BCUT2D eigenvalue weighted by Gasteiger charge is -2.20. The van der Waals surface area contributed by atoms with Crippen molar-refractivity contribution in [2.75, 3.05) is 25.7 Å². The van der Waals surface area contributed by atoms with Crippen LogP contribution in [0, 0.1) is 5.82 Å². The molecule has 1 aliphatic rings. The zero-order valence-corrected chi connectivity index (χ0v) is 18.5. The smallest absolute Gasteiger partial charge is 0.230 e. The fraction of sp³-hybridized carbons (Fsp3) is 0.250. The molecule has 0 N–H and O–H groups in total. The van der Waals surface area contributed by atoms with Crippen LogP contribution in [0.4, 0.5) is 10.1 Å². The molecule has 0 radical (unpaired) electrons. The Labute approximate surface area is 189 Å². The number of imidazole rings is 1. The van der Waals surface area contributed by atoms with Crippen molar-refractivity contribution in [3.8, 4) is 33.8 Å². The summed E-state index contributed by atoms with van der Waals surface area (Å²) < 4.78 is 28.4. The Hall–Kier alpha value is -4.01. The molecular weight excluding hydrogens is 425 g/mol. The van der Waals surface area contributed by atoms with Gasteiger partial charge in [-0.05, 0) is 30.7 Å². The van der Waals surface area contributed by atoms with Crippen LogP contribution in [-0.4, -0.2) is 46.4 Å². The highest BCUT2D eigenvalue weighted by molar-refractivity contribution is 5.97. The summed E-state index contributed by atoms with van der Waals surface area (Å²) in [5.74, 6) is 0.465. The Morgan fingerprint density at radius 3 is 2.82 bits per heavy atom. The Kier molecular flexibility index (Phi) is 5.16. The minimum Gasteiger partial charge on any atom is -0.496 e. The van der Waals surface area contributed by atoms with Crippen LogP contribution < -0.4 is 14.4 Å². The number of hydrogen-bond donors (Lipinski definition) is 0. The van der Waals surface area contributed by atoms with Crippen molar-refractivity contribution < 1.29 is 18.7 Å². The molecule has 8 nitrogen and oxygen atoms in total. The van der Waals surface area contributed by atoms with Gasteiger partial charge in [-0.15, -0.1) is 5.10 Å². The largest absolute Gasteiger partial charge is 0.496 e. The number of carbonyl (C=O) groups excluding carboxylic acids is 1. The van der Waals surface area contributed by atoms with Crippen LogP contribution in [0.5, 0.6) is 11.5 Å². The van der Waals surface area contributed by atoms with Crippen LogP contribution in [0.1, 0.15) is 13.3 Å². The summed E-state index contributed by atoms with van der Waals surface area (Å²) in [6.07, 6.45) is 3.62. The number of ether oxygens (including phenoxy) is 2. The average Bonchev–Trinajstić information content (AvgIpc) is 3.21. The van der Waals surface area contributed by atoms with Crippen molar-refractivity contribution in [1.29, 1.82) is 0 Å². The molecule has 0 saturated carbocycles. The molecule has 0 fully saturated rings. The van der Waals surface area contributed by atoms with Crippen molar-refractivity contribution in [2.24, 2.45) is 0 Å². The monoisotopic (exact) mass is 447 g/mol. The number of halogens is 1. The zero-order valence-electron chi connectivity index (χ0n) is 18.5. The van der Waals surface area contributed by atoms with Crippen molar-refractivity contribution in [1.82, 2.24) is 19.7 Å². The summed E-state index contributed by atoms with van der Waals surface area (Å²) in [6.45, 7) is 2.97. The van der Waals surface area contributed by atoms with E-state index in [1.807, 2.05) is 11.5 Å². The van der Waals surface area contributed by atoms with Crippen LogP contribution in [-0.2, 0) is 11.3 Å². The zero-order chi connectivity index (χ0) is 23.1. The summed E-state index contributed by atoms with van der Waals surface area (Å²) in [5.41, 5.74) is 4.32. The highest BCUT2D eigenvalue weighted by atomic mass is 19.1. The van der Waals surface area contributed by atoms with E-state index in [0.717, 1.165) is 11.1 Å². The van der Waals surface area contributed by atoms with Crippen molar-refractivity contribution >= 4 is 22.8 Å². The van der Waals surface area contributed by atoms with Gasteiger partial charge in [0.2, 0.25) is 5.91 Å². The van der Waals surface area contributed by atoms with E-state index in [-0.39, 0.29) is 18.9 Å². The number of aromatic nitrogens is 4. The van der Waals surface area contributed by atoms with Gasteiger partial charge in [-0.3, -0.25) is 4.79 Å². The lowest BCUT2D eigenvalue weighted by Crippen LogP contribution is -2.25. The first kappa shape index (κ1) is 20.9. The second-order valence-electron chi connectivity index (χ2n) is 7.73. The highest BCUT2D eigenvalue weighted by Crippen LogP contribution is 2.43. The summed E-state index contributed by atoms with van der Waals surface area (Å²) in [5, 5.41) is 8.33. The number of methoxy groups -OCH3 is 1. The minimum absolute atomic E-state index is 0.0579. The molecule has 168 valence electrons. The van der Waals surface area contributed by atoms with Gasteiger partial charge in [0.25, 0.3) is 0 Å². The van der Waals surface area contributed by atoms with Gasteiger partial charge in [0.15, 0.2) is 5.65 Å². The molecule has 0 aliphatic carbocycles. The van der Waals surface area contributed by atoms with Gasteiger partial charge < -0.3 is 18.9 Å². The lowest BCUT2D eigenvalue weighted by atomic mass is 9.97. The first-order chi connectivity index (χ1) is 16.0. The predicted octanol–water partition coefficient (Wildman–Crippen LogP) is 4.07. The van der Waals surface area contributed by atoms with Gasteiger partial charge in [0.05, 0.1) is 38.3 Å². The molecule has 0 bridgehead atoms. The van der Waals surface area contributed by atoms with E-state index in [2.05, 4.69) is 15.2 Å². The van der Waals surface area contributed by atoms with E-state index in [9.17, 15) is 4.79 Å². The third kappa shape index (κ3) is 3.45. The fourth-order valence-electron chi connectivity index (χ4n) is 4.07. The Balaban J connectivity index is 1.68. The Morgan fingerprint density at radius 1 is 1.18 bits per heavy atom. The topological polar surface area (TPSA) is 82.4 Å². The molecule has 1 amide bonds. The van der Waals surface area contributed by atoms with Gasteiger partial charge in [0.1, 0.15) is 22.8 Å². The quantitative estimate of drug-likeness (QED) is 0.469. The molecule has 4 aromatic rings. The molecular formula is C24H22FN5O3. The molecule has 0 atom stereocenters. The molecule has 2 aromatic carbocycles. The van der Waals surface area contributed by atoms with Gasteiger partial charge >= 0.3 is 0 Å². The maximum absolute atomic E-state index is 15.1. The van der Waals surface area contributed by atoms with E-state index in [1.54, 1.807) is 43.8 Å². The molecule has 0 unspecified atom stereocenters. The van der Waals surface area contributed by atoms with Crippen molar-refractivity contribution in [2.45, 2.75) is 19.9 Å². The first-order valence-corrected chi connectivity index (χ1v) is 10.6. The number of nitrogens with zero attached hydrogens (tertiary/aromatic N) is 5. The Bertz CT molecular complexity index is 1380. The van der Waals surface area contributed by atoms with Crippen LogP contribution in [0.2, 0.25) is 0 Å². The lowest BCUT2D eigenvalue weighted by molar-refractivity contribution is -0.118. The SMILES string of the molecule is CCn1cnc2c(-c3ccc(F)c(-c4cc5c(cc4OC)N(C)C(=O)CCO5)c3)cnnc21. The van der Waals surface area contributed by atoms with Gasteiger partial charge in [-0.1, -0.05) is 6.07 Å². The maximum Gasteiger partial charge on any atom is 0.230 e. The van der Waals surface area contributed by atoms with Gasteiger partial charge in [0, 0.05) is 36.3 Å². The van der Waals surface area contributed by atoms with E-state index < -0.39 is 5.82 Å². The molecule has 9 heteroatoms. The molecule has 0 spiro atoms. The number of benzene rings is 2. The second-order valence-corrected chi connectivity index (χ2v) is 7.73. The molecule has 2 aromatic heterocycles. The van der Waals surface area contributed by atoms with Crippen LogP contribution in [0.3, 0.4) is 0 Å². The normalized spacial score (nSPS) is 13.6. The van der Waals surface area contributed by atoms with E-state index in [0.29, 0.717) is 46.0 Å². The van der Waals surface area contributed by atoms with Crippen LogP contribution in [0.15, 0.2) is 42.9 Å². The van der Waals surface area contributed by atoms with Crippen molar-refractivity contribution in [3.63, 3.8) is 0 Å². The summed E-state index contributed by atoms with van der Waals surface area (Å²) >= 11 is 0. The van der Waals surface area contributed by atoms with Gasteiger partial charge in [-0.2, -0.15) is 5.10 Å². The highest BCUT2D eigenvalue weighted by Gasteiger charge is 2.24. The molecule has 1 aliphatic heterocycles. The van der Waals surface area contributed by atoms with Crippen molar-refractivity contribution in [3.05, 3.63) is 48.7 Å². The third-order valence-corrected chi connectivity index (χ3v) is 5.90. The average molecular weight is 447 g/mol. The molecule has 33 heavy (non-hydrogen) atoms. The predicted molar refractivity (Wildman–Crippen MR) is 122 cm³/mol. The molecule has 5 rings (SSSR count). The number of amides is 1. The fourth-order valence-corrected chi connectivity index (χ4v) is 4.07. The number of anilines is 1. The number of fused-ring (bicyclic) bond motifs is 2. The maximum atomic E-state index is 15.1. The summed E-state index contributed by atoms with van der Waals surface area (Å²) in [4.78, 5) is 18.3. The third-order valence-electron chi connectivity index (χ3n) is 5.90. The van der Waals surface area contributed by atoms with Crippen LogP contribution in [0.25, 0.3) is 33.4 Å².